The predicted molar refractivity (Wildman–Crippen MR) is 69.7 cm³/mol. The van der Waals surface area contributed by atoms with Crippen LogP contribution in [-0.4, -0.2) is 27.3 Å². The largest absolute Gasteiger partial charge is 0.368 e. The summed E-state index contributed by atoms with van der Waals surface area (Å²) in [5.74, 6) is 0.500. The molecule has 2 rings (SSSR count). The van der Waals surface area contributed by atoms with Crippen LogP contribution in [0.15, 0.2) is 12.3 Å². The Hall–Kier alpha value is -1.65. The summed E-state index contributed by atoms with van der Waals surface area (Å²) in [6.45, 7) is 2.85. The zero-order valence-corrected chi connectivity index (χ0v) is 10.8. The van der Waals surface area contributed by atoms with Crippen LogP contribution < -0.4 is 5.73 Å². The molecule has 1 atom stereocenters. The number of nitrogens with two attached hydrogens (primary N) is 1. The number of carbonyl (C=O) groups is 1. The van der Waals surface area contributed by atoms with Gasteiger partial charge in [0.1, 0.15) is 0 Å². The molecule has 1 aromatic rings. The highest BCUT2D eigenvalue weighted by molar-refractivity contribution is 5.76. The smallest absolute Gasteiger partial charge is 0.223 e. The first-order chi connectivity index (χ1) is 8.72. The van der Waals surface area contributed by atoms with Crippen molar-refractivity contribution in [3.8, 4) is 0 Å². The van der Waals surface area contributed by atoms with E-state index in [9.17, 15) is 4.79 Å². The maximum absolute atomic E-state index is 12.1. The van der Waals surface area contributed by atoms with Crippen LogP contribution in [0.3, 0.4) is 0 Å². The molecule has 5 nitrogen and oxygen atoms in total. The molecule has 0 radical (unpaired) electrons. The van der Waals surface area contributed by atoms with Crippen molar-refractivity contribution in [3.63, 3.8) is 0 Å². The van der Waals surface area contributed by atoms with Gasteiger partial charge in [0, 0.05) is 19.2 Å². The van der Waals surface area contributed by atoms with Gasteiger partial charge in [0.15, 0.2) is 0 Å². The number of likely N-dealkylation sites (tertiary alicyclic amines) is 1. The number of nitrogen functional groups attached to an aromatic ring is 1. The van der Waals surface area contributed by atoms with E-state index >= 15 is 0 Å². The molecule has 0 saturated carbocycles. The summed E-state index contributed by atoms with van der Waals surface area (Å²) in [5, 5.41) is 0. The van der Waals surface area contributed by atoms with Gasteiger partial charge in [-0.2, -0.15) is 0 Å². The minimum atomic E-state index is 0.0723. The van der Waals surface area contributed by atoms with Crippen molar-refractivity contribution >= 4 is 11.9 Å². The fourth-order valence-corrected chi connectivity index (χ4v) is 2.47. The number of aromatic nitrogens is 2. The topological polar surface area (TPSA) is 72.1 Å². The lowest BCUT2D eigenvalue weighted by molar-refractivity contribution is -0.135. The number of rotatable bonds is 3. The Morgan fingerprint density at radius 2 is 2.39 bits per heavy atom. The highest BCUT2D eigenvalue weighted by Gasteiger charge is 2.28. The maximum Gasteiger partial charge on any atom is 0.223 e. The molecule has 1 aromatic heterocycles. The molecule has 0 bridgehead atoms. The highest BCUT2D eigenvalue weighted by Crippen LogP contribution is 2.30. The molecule has 1 unspecified atom stereocenters. The third-order valence-electron chi connectivity index (χ3n) is 3.32. The number of piperidine rings is 1. The molecule has 1 aliphatic rings. The molecule has 5 heteroatoms. The first kappa shape index (κ1) is 12.8. The van der Waals surface area contributed by atoms with Gasteiger partial charge in [0.05, 0.1) is 11.7 Å². The molecule has 1 saturated heterocycles. The van der Waals surface area contributed by atoms with Gasteiger partial charge in [-0.3, -0.25) is 4.79 Å². The van der Waals surface area contributed by atoms with Gasteiger partial charge < -0.3 is 10.6 Å². The van der Waals surface area contributed by atoms with Crippen molar-refractivity contribution in [2.75, 3.05) is 12.3 Å². The molecule has 2 heterocycles. The van der Waals surface area contributed by atoms with Gasteiger partial charge in [-0.05, 0) is 31.7 Å². The van der Waals surface area contributed by atoms with Crippen LogP contribution in [0.5, 0.6) is 0 Å². The monoisotopic (exact) mass is 248 g/mol. The van der Waals surface area contributed by atoms with E-state index in [-0.39, 0.29) is 17.9 Å². The lowest BCUT2D eigenvalue weighted by atomic mass is 9.98. The van der Waals surface area contributed by atoms with E-state index in [4.69, 9.17) is 5.73 Å². The van der Waals surface area contributed by atoms with Crippen molar-refractivity contribution in [3.05, 3.63) is 18.0 Å². The number of nitrogens with zero attached hydrogens (tertiary/aromatic N) is 3. The van der Waals surface area contributed by atoms with Gasteiger partial charge in [-0.25, -0.2) is 9.97 Å². The fraction of sp³-hybridized carbons (Fsp3) is 0.615. The third kappa shape index (κ3) is 2.78. The third-order valence-corrected chi connectivity index (χ3v) is 3.32. The Morgan fingerprint density at radius 1 is 1.56 bits per heavy atom. The highest BCUT2D eigenvalue weighted by atomic mass is 16.2. The van der Waals surface area contributed by atoms with Crippen LogP contribution in [0.1, 0.15) is 50.8 Å². The maximum atomic E-state index is 12.1. The second-order valence-electron chi connectivity index (χ2n) is 4.69. The fourth-order valence-electron chi connectivity index (χ4n) is 2.47. The lowest BCUT2D eigenvalue weighted by Crippen LogP contribution is -2.38. The van der Waals surface area contributed by atoms with Crippen LogP contribution in [0.2, 0.25) is 0 Å². The lowest BCUT2D eigenvalue weighted by Gasteiger charge is -2.35. The molecule has 1 aliphatic heterocycles. The minimum Gasteiger partial charge on any atom is -0.368 e. The van der Waals surface area contributed by atoms with Gasteiger partial charge in [-0.15, -0.1) is 0 Å². The first-order valence-corrected chi connectivity index (χ1v) is 6.60. The summed E-state index contributed by atoms with van der Waals surface area (Å²) in [6, 6.07) is 1.93. The summed E-state index contributed by atoms with van der Waals surface area (Å²) in [4.78, 5) is 22.2. The number of anilines is 1. The van der Waals surface area contributed by atoms with E-state index in [1.165, 1.54) is 0 Å². The average molecular weight is 248 g/mol. The van der Waals surface area contributed by atoms with Crippen molar-refractivity contribution in [1.82, 2.24) is 14.9 Å². The Kier molecular flexibility index (Phi) is 4.12. The number of hydrogen-bond donors (Lipinski definition) is 1. The summed E-state index contributed by atoms with van der Waals surface area (Å²) in [6.07, 6.45) is 6.32. The Labute approximate surface area is 107 Å². The quantitative estimate of drug-likeness (QED) is 0.887. The normalized spacial score (nSPS) is 19.8. The number of amides is 1. The number of carbonyl (C=O) groups excluding carboxylic acids is 1. The summed E-state index contributed by atoms with van der Waals surface area (Å²) in [5.41, 5.74) is 6.49. The van der Waals surface area contributed by atoms with Crippen LogP contribution in [0, 0.1) is 0 Å². The number of hydrogen-bond acceptors (Lipinski definition) is 4. The Balaban J connectivity index is 2.20. The van der Waals surface area contributed by atoms with Gasteiger partial charge in [0.25, 0.3) is 0 Å². The Bertz CT molecular complexity index is 421. The van der Waals surface area contributed by atoms with Crippen molar-refractivity contribution in [2.24, 2.45) is 0 Å². The zero-order valence-electron chi connectivity index (χ0n) is 10.8. The van der Waals surface area contributed by atoms with E-state index in [2.05, 4.69) is 9.97 Å². The van der Waals surface area contributed by atoms with Crippen LogP contribution in [0.4, 0.5) is 5.95 Å². The van der Waals surface area contributed by atoms with Crippen LogP contribution >= 0.6 is 0 Å². The van der Waals surface area contributed by atoms with E-state index in [0.717, 1.165) is 37.9 Å². The SMILES string of the molecule is CCCC(=O)N1CCCCC1c1ccnc(N)n1. The minimum absolute atomic E-state index is 0.0723. The van der Waals surface area contributed by atoms with E-state index < -0.39 is 0 Å². The summed E-state index contributed by atoms with van der Waals surface area (Å²) >= 11 is 0. The molecule has 98 valence electrons. The molecule has 2 N–H and O–H groups in total. The summed E-state index contributed by atoms with van der Waals surface area (Å²) < 4.78 is 0. The van der Waals surface area contributed by atoms with Gasteiger partial charge in [0.2, 0.25) is 11.9 Å². The van der Waals surface area contributed by atoms with E-state index in [1.807, 2.05) is 17.9 Å². The molecular formula is C13H20N4O. The van der Waals surface area contributed by atoms with Gasteiger partial charge >= 0.3 is 0 Å². The van der Waals surface area contributed by atoms with Gasteiger partial charge in [-0.1, -0.05) is 6.92 Å². The summed E-state index contributed by atoms with van der Waals surface area (Å²) in [7, 11) is 0. The van der Waals surface area contributed by atoms with Crippen molar-refractivity contribution in [1.29, 1.82) is 0 Å². The van der Waals surface area contributed by atoms with E-state index in [0.29, 0.717) is 6.42 Å². The van der Waals surface area contributed by atoms with Crippen LogP contribution in [-0.2, 0) is 4.79 Å². The molecule has 1 amide bonds. The first-order valence-electron chi connectivity index (χ1n) is 6.60. The molecule has 18 heavy (non-hydrogen) atoms. The average Bonchev–Trinajstić information content (AvgIpc) is 2.39. The molecule has 1 fully saturated rings. The van der Waals surface area contributed by atoms with Crippen molar-refractivity contribution < 1.29 is 4.79 Å². The molecule has 0 aromatic carbocycles. The second-order valence-corrected chi connectivity index (χ2v) is 4.69. The van der Waals surface area contributed by atoms with E-state index in [1.54, 1.807) is 6.20 Å². The molecular weight excluding hydrogens is 228 g/mol. The van der Waals surface area contributed by atoms with Crippen molar-refractivity contribution in [2.45, 2.75) is 45.1 Å². The van der Waals surface area contributed by atoms with Crippen LogP contribution in [0.25, 0.3) is 0 Å². The molecule has 0 aliphatic carbocycles. The zero-order chi connectivity index (χ0) is 13.0. The standard InChI is InChI=1S/C13H20N4O/c1-2-5-12(18)17-9-4-3-6-11(17)10-7-8-15-13(14)16-10/h7-8,11H,2-6,9H2,1H3,(H2,14,15,16). The molecule has 0 spiro atoms. The second kappa shape index (κ2) is 5.80. The Morgan fingerprint density at radius 3 is 3.11 bits per heavy atom. The predicted octanol–water partition coefficient (Wildman–Crippen LogP) is 1.91.